The molecule has 2 saturated heterocycles. The van der Waals surface area contributed by atoms with Crippen molar-refractivity contribution in [1.82, 2.24) is 29.5 Å². The SMILES string of the molecule is COC(=O)N1CCN(C2CC3(CCN(c4ccc(C(=O)NS(=O)(=O)c5cnc(NCC6CCC(C)CC6)c([N+](=O)[O-])c5)c(Oc5cnc6[nH]ccc6c5)c4)CC3)C2)[C@H](c2ccccc2C(C)C)C1. The van der Waals surface area contributed by atoms with Crippen LogP contribution in [-0.2, 0) is 14.8 Å². The van der Waals surface area contributed by atoms with Gasteiger partial charge in [0.2, 0.25) is 5.82 Å². The van der Waals surface area contributed by atoms with Crippen LogP contribution in [0.1, 0.15) is 106 Å². The first kappa shape index (κ1) is 46.8. The molecular weight excluding hydrogens is 887 g/mol. The zero-order valence-electron chi connectivity index (χ0n) is 39.1. The Labute approximate surface area is 397 Å². The number of aromatic amines is 1. The highest BCUT2D eigenvalue weighted by atomic mass is 32.2. The molecule has 4 fully saturated rings. The van der Waals surface area contributed by atoms with Gasteiger partial charge in [-0.05, 0) is 97.1 Å². The maximum absolute atomic E-state index is 14.0. The van der Waals surface area contributed by atoms with E-state index in [0.717, 1.165) is 94.3 Å². The molecule has 1 spiro atoms. The summed E-state index contributed by atoms with van der Waals surface area (Å²) in [5, 5.41) is 16.0. The Kier molecular flexibility index (Phi) is 13.3. The number of piperidine rings is 1. The summed E-state index contributed by atoms with van der Waals surface area (Å²) in [7, 11) is -3.18. The van der Waals surface area contributed by atoms with Crippen LogP contribution in [0.5, 0.6) is 11.5 Å². The van der Waals surface area contributed by atoms with Crippen molar-refractivity contribution < 1.29 is 32.4 Å². The van der Waals surface area contributed by atoms with Gasteiger partial charge in [-0.15, -0.1) is 0 Å². The normalized spacial score (nSPS) is 21.1. The third kappa shape index (κ3) is 9.84. The molecule has 0 unspecified atom stereocenters. The molecule has 3 aromatic heterocycles. The smallest absolute Gasteiger partial charge is 0.409 e. The zero-order chi connectivity index (χ0) is 47.7. The van der Waals surface area contributed by atoms with Crippen LogP contribution in [-0.4, -0.2) is 103 Å². The average Bonchev–Trinajstić information content (AvgIpc) is 3.80. The first-order chi connectivity index (χ1) is 32.7. The number of carbonyl (C=O) groups excluding carboxylic acids is 2. The predicted molar refractivity (Wildman–Crippen MR) is 259 cm³/mol. The zero-order valence-corrected chi connectivity index (χ0v) is 40.0. The van der Waals surface area contributed by atoms with Crippen LogP contribution >= 0.6 is 0 Å². The Bertz CT molecular complexity index is 2780. The number of pyridine rings is 2. The molecule has 18 heteroatoms. The maximum Gasteiger partial charge on any atom is 0.409 e. The van der Waals surface area contributed by atoms with Crippen molar-refractivity contribution in [2.24, 2.45) is 17.3 Å². The van der Waals surface area contributed by atoms with E-state index in [2.05, 4.69) is 79.8 Å². The average molecular weight is 948 g/mol. The van der Waals surface area contributed by atoms with Crippen LogP contribution in [0.3, 0.4) is 0 Å². The summed E-state index contributed by atoms with van der Waals surface area (Å²) in [5.41, 5.74) is 3.67. The highest BCUT2D eigenvalue weighted by Gasteiger charge is 2.50. The number of nitrogens with zero attached hydrogens (tertiary/aromatic N) is 6. The Morgan fingerprint density at radius 1 is 0.971 bits per heavy atom. The number of piperazine rings is 1. The predicted octanol–water partition coefficient (Wildman–Crippen LogP) is 9.01. The number of benzene rings is 2. The number of rotatable bonds is 13. The van der Waals surface area contributed by atoms with E-state index >= 15 is 0 Å². The minimum absolute atomic E-state index is 0.0219. The van der Waals surface area contributed by atoms with E-state index in [4.69, 9.17) is 9.47 Å². The van der Waals surface area contributed by atoms with Crippen LogP contribution in [0, 0.1) is 27.4 Å². The summed E-state index contributed by atoms with van der Waals surface area (Å²) in [5.74, 6) is 0.799. The van der Waals surface area contributed by atoms with E-state index in [1.807, 2.05) is 11.0 Å². The molecule has 0 bridgehead atoms. The van der Waals surface area contributed by atoms with Crippen LogP contribution in [0.15, 0.2) is 84.1 Å². The number of carbonyl (C=O) groups is 2. The van der Waals surface area contributed by atoms with E-state index < -0.39 is 31.4 Å². The fraction of sp³-hybridized carbons (Fsp3) is 0.480. The molecule has 4 aliphatic rings. The minimum atomic E-state index is -4.62. The lowest BCUT2D eigenvalue weighted by atomic mass is 9.59. The molecule has 2 aromatic carbocycles. The second-order valence-electron chi connectivity index (χ2n) is 19.6. The third-order valence-corrected chi connectivity index (χ3v) is 16.2. The highest BCUT2D eigenvalue weighted by Crippen LogP contribution is 2.53. The summed E-state index contributed by atoms with van der Waals surface area (Å²) in [4.78, 5) is 56.0. The monoisotopic (exact) mass is 947 g/mol. The summed E-state index contributed by atoms with van der Waals surface area (Å²) >= 11 is 0. The number of sulfonamides is 1. The molecular formula is C50H61N9O8S. The molecule has 2 amide bonds. The van der Waals surface area contributed by atoms with E-state index in [1.165, 1.54) is 24.4 Å². The lowest BCUT2D eigenvalue weighted by Gasteiger charge is -2.58. The lowest BCUT2D eigenvalue weighted by Crippen LogP contribution is -2.60. The molecule has 17 nitrogen and oxygen atoms in total. The molecule has 2 aliphatic heterocycles. The number of hydrogen-bond donors (Lipinski definition) is 3. The lowest BCUT2D eigenvalue weighted by molar-refractivity contribution is -0.384. The Morgan fingerprint density at radius 3 is 2.47 bits per heavy atom. The van der Waals surface area contributed by atoms with Gasteiger partial charge in [0.1, 0.15) is 22.0 Å². The van der Waals surface area contributed by atoms with Crippen molar-refractivity contribution in [1.29, 1.82) is 0 Å². The summed E-state index contributed by atoms with van der Waals surface area (Å²) in [6.07, 6.45) is 12.3. The first-order valence-electron chi connectivity index (χ1n) is 23.8. The fourth-order valence-corrected chi connectivity index (χ4v) is 11.8. The number of amides is 2. The van der Waals surface area contributed by atoms with Crippen molar-refractivity contribution in [2.75, 3.05) is 56.6 Å². The summed E-state index contributed by atoms with van der Waals surface area (Å²) in [6.45, 7) is 10.6. The largest absolute Gasteiger partial charge is 0.455 e. The number of ether oxygens (including phenoxy) is 2. The molecule has 0 radical (unpaired) electrons. The van der Waals surface area contributed by atoms with Gasteiger partial charge in [0, 0.05) is 74.7 Å². The molecule has 3 N–H and O–H groups in total. The minimum Gasteiger partial charge on any atom is -0.455 e. The first-order valence-corrected chi connectivity index (χ1v) is 25.3. The number of hydrogen-bond acceptors (Lipinski definition) is 13. The number of fused-ring (bicyclic) bond motifs is 1. The molecule has 2 aliphatic carbocycles. The van der Waals surface area contributed by atoms with Gasteiger partial charge in [-0.3, -0.25) is 19.8 Å². The fourth-order valence-electron chi connectivity index (χ4n) is 10.9. The molecule has 9 rings (SSSR count). The number of nitrogens with one attached hydrogen (secondary N) is 3. The number of methoxy groups -OCH3 is 1. The molecule has 1 atom stereocenters. The van der Waals surface area contributed by atoms with Gasteiger partial charge in [-0.25, -0.2) is 27.9 Å². The molecule has 5 aromatic rings. The van der Waals surface area contributed by atoms with Crippen LogP contribution < -0.4 is 19.7 Å². The van der Waals surface area contributed by atoms with Gasteiger partial charge in [0.05, 0.1) is 36.0 Å². The van der Waals surface area contributed by atoms with Crippen molar-refractivity contribution in [3.05, 3.63) is 106 Å². The second kappa shape index (κ2) is 19.4. The van der Waals surface area contributed by atoms with E-state index in [-0.39, 0.29) is 34.7 Å². The van der Waals surface area contributed by atoms with E-state index in [0.29, 0.717) is 54.8 Å². The second-order valence-corrected chi connectivity index (χ2v) is 21.3. The number of nitro groups is 1. The van der Waals surface area contributed by atoms with Crippen molar-refractivity contribution in [2.45, 2.75) is 95.0 Å². The van der Waals surface area contributed by atoms with E-state index in [1.54, 1.807) is 30.5 Å². The Hall–Kier alpha value is -6.27. The number of anilines is 2. The number of aromatic nitrogens is 3. The summed E-state index contributed by atoms with van der Waals surface area (Å²) < 4.78 is 41.1. The van der Waals surface area contributed by atoms with Gasteiger partial charge < -0.3 is 29.6 Å². The van der Waals surface area contributed by atoms with Crippen LogP contribution in [0.4, 0.5) is 22.0 Å². The van der Waals surface area contributed by atoms with Crippen LogP contribution in [0.25, 0.3) is 11.0 Å². The molecule has 360 valence electrons. The van der Waals surface area contributed by atoms with E-state index in [9.17, 15) is 28.1 Å². The maximum atomic E-state index is 14.0. The van der Waals surface area contributed by atoms with Gasteiger partial charge in [0.25, 0.3) is 15.9 Å². The van der Waals surface area contributed by atoms with Gasteiger partial charge in [-0.1, -0.05) is 57.9 Å². The van der Waals surface area contributed by atoms with Crippen molar-refractivity contribution in [3.8, 4) is 11.5 Å². The highest BCUT2D eigenvalue weighted by molar-refractivity contribution is 7.90. The van der Waals surface area contributed by atoms with Crippen molar-refractivity contribution >= 4 is 50.2 Å². The quantitative estimate of drug-likeness (QED) is 0.0745. The number of H-pyrrole nitrogens is 1. The van der Waals surface area contributed by atoms with Crippen LogP contribution in [0.2, 0.25) is 0 Å². The topological polar surface area (TPSA) is 205 Å². The molecule has 2 saturated carbocycles. The van der Waals surface area contributed by atoms with Crippen molar-refractivity contribution in [3.63, 3.8) is 0 Å². The molecule has 5 heterocycles. The standard InChI is InChI=1S/C50H61N9O8S/c1-32(2)40-7-5-6-8-41(40)44-31-57(49(61)66-4)21-22-58(44)37-26-50(27-37)16-19-56(20-17-50)36-13-14-42(45(24-36)67-38-23-35-15-18-51-46(35)53-29-38)48(60)55-68(64,65)39-25-43(59(62)63)47(54-30-39)52-28-34-11-9-33(3)10-12-34/h5-8,13-15,18,23-25,29-30,32-34,37,44H,9-12,16-17,19-22,26-28,31H2,1-4H3,(H,51,53)(H,52,54)(H,55,60)/t33?,34?,44-/m0/s1. The van der Waals surface area contributed by atoms with Gasteiger partial charge >= 0.3 is 11.8 Å². The molecule has 68 heavy (non-hydrogen) atoms. The van der Waals surface area contributed by atoms with Gasteiger partial charge in [0.15, 0.2) is 0 Å². The Balaban J connectivity index is 0.903. The summed E-state index contributed by atoms with van der Waals surface area (Å²) in [6, 6.07) is 18.7. The van der Waals surface area contributed by atoms with Gasteiger partial charge in [-0.2, -0.15) is 0 Å². The Morgan fingerprint density at radius 2 is 1.74 bits per heavy atom. The third-order valence-electron chi connectivity index (χ3n) is 14.9.